The van der Waals surface area contributed by atoms with Gasteiger partial charge in [-0.05, 0) is 32.6 Å². The van der Waals surface area contributed by atoms with Crippen molar-refractivity contribution in [2.75, 3.05) is 0 Å². The summed E-state index contributed by atoms with van der Waals surface area (Å²) in [6.07, 6.45) is 8.23. The van der Waals surface area contributed by atoms with Gasteiger partial charge in [0, 0.05) is 5.92 Å². The Labute approximate surface area is 74.9 Å². The number of carbonyl (C=O) groups excluding carboxylic acids is 1. The molecule has 0 N–H and O–H groups in total. The van der Waals surface area contributed by atoms with Gasteiger partial charge in [-0.2, -0.15) is 0 Å². The summed E-state index contributed by atoms with van der Waals surface area (Å²) < 4.78 is 0. The van der Waals surface area contributed by atoms with E-state index in [1.807, 2.05) is 0 Å². The Hall–Kier alpha value is -0.590. The maximum atomic E-state index is 10.7. The molecule has 12 heavy (non-hydrogen) atoms. The number of allylic oxidation sites excluding steroid dienone is 2. The van der Waals surface area contributed by atoms with Crippen LogP contribution in [0.25, 0.3) is 0 Å². The minimum atomic E-state index is 0.300. The van der Waals surface area contributed by atoms with Crippen molar-refractivity contribution >= 4 is 6.29 Å². The van der Waals surface area contributed by atoms with Gasteiger partial charge in [0.15, 0.2) is 0 Å². The van der Waals surface area contributed by atoms with Crippen LogP contribution in [-0.2, 0) is 4.79 Å². The monoisotopic (exact) mass is 166 g/mol. The standard InChI is InChI=1S/C11H18O/c1-9(2)7-10-5-3-4-6-11(10)8-12/h7-8,10-11H,3-6H2,1-2H3. The third kappa shape index (κ3) is 2.47. The normalized spacial score (nSPS) is 29.5. The van der Waals surface area contributed by atoms with Crippen molar-refractivity contribution in [1.82, 2.24) is 0 Å². The Kier molecular flexibility index (Phi) is 3.51. The zero-order valence-electron chi connectivity index (χ0n) is 8.05. The first kappa shape index (κ1) is 9.50. The van der Waals surface area contributed by atoms with E-state index in [9.17, 15) is 4.79 Å². The minimum absolute atomic E-state index is 0.300. The third-order valence-electron chi connectivity index (χ3n) is 2.60. The van der Waals surface area contributed by atoms with Crippen LogP contribution in [0.4, 0.5) is 0 Å². The van der Waals surface area contributed by atoms with Crippen molar-refractivity contribution < 1.29 is 4.79 Å². The second kappa shape index (κ2) is 4.44. The molecule has 0 aromatic carbocycles. The molecule has 0 bridgehead atoms. The van der Waals surface area contributed by atoms with Crippen LogP contribution >= 0.6 is 0 Å². The molecule has 0 aromatic heterocycles. The molecular weight excluding hydrogens is 148 g/mol. The average molecular weight is 166 g/mol. The molecule has 0 spiro atoms. The van der Waals surface area contributed by atoms with Crippen molar-refractivity contribution in [3.63, 3.8) is 0 Å². The molecule has 68 valence electrons. The zero-order chi connectivity index (χ0) is 8.97. The van der Waals surface area contributed by atoms with Crippen LogP contribution in [0, 0.1) is 11.8 Å². The molecule has 0 heterocycles. The molecule has 0 saturated heterocycles. The first-order valence-electron chi connectivity index (χ1n) is 4.84. The zero-order valence-corrected chi connectivity index (χ0v) is 8.05. The van der Waals surface area contributed by atoms with Crippen LogP contribution in [0.3, 0.4) is 0 Å². The highest BCUT2D eigenvalue weighted by Gasteiger charge is 2.22. The van der Waals surface area contributed by atoms with Gasteiger partial charge in [-0.15, -0.1) is 0 Å². The Bertz CT molecular complexity index is 177. The first-order chi connectivity index (χ1) is 5.74. The molecule has 1 nitrogen and oxygen atoms in total. The van der Waals surface area contributed by atoms with Crippen molar-refractivity contribution in [2.45, 2.75) is 39.5 Å². The largest absolute Gasteiger partial charge is 0.303 e. The summed E-state index contributed by atoms with van der Waals surface area (Å²) in [5.41, 5.74) is 1.34. The van der Waals surface area contributed by atoms with Gasteiger partial charge in [-0.1, -0.05) is 24.5 Å². The fourth-order valence-electron chi connectivity index (χ4n) is 1.99. The molecule has 0 radical (unpaired) electrons. The molecule has 0 aliphatic heterocycles. The molecule has 1 rings (SSSR count). The Morgan fingerprint density at radius 3 is 2.25 bits per heavy atom. The Balaban J connectivity index is 2.58. The highest BCUT2D eigenvalue weighted by Crippen LogP contribution is 2.30. The number of rotatable bonds is 2. The minimum Gasteiger partial charge on any atom is -0.303 e. The van der Waals surface area contributed by atoms with Gasteiger partial charge in [0.05, 0.1) is 0 Å². The fourth-order valence-corrected chi connectivity index (χ4v) is 1.99. The summed E-state index contributed by atoms with van der Waals surface area (Å²) in [4.78, 5) is 10.7. The van der Waals surface area contributed by atoms with E-state index in [1.165, 1.54) is 24.8 Å². The smallest absolute Gasteiger partial charge is 0.123 e. The van der Waals surface area contributed by atoms with Crippen LogP contribution in [0.1, 0.15) is 39.5 Å². The average Bonchev–Trinajstić information content (AvgIpc) is 2.04. The summed E-state index contributed by atoms with van der Waals surface area (Å²) in [7, 11) is 0. The lowest BCUT2D eigenvalue weighted by molar-refractivity contribution is -0.112. The molecule has 2 unspecified atom stereocenters. The van der Waals surface area contributed by atoms with Crippen LogP contribution < -0.4 is 0 Å². The summed E-state index contributed by atoms with van der Waals surface area (Å²) in [6, 6.07) is 0. The summed E-state index contributed by atoms with van der Waals surface area (Å²) in [5.74, 6) is 0.829. The number of hydrogen-bond acceptors (Lipinski definition) is 1. The highest BCUT2D eigenvalue weighted by atomic mass is 16.1. The van der Waals surface area contributed by atoms with E-state index in [0.29, 0.717) is 11.8 Å². The van der Waals surface area contributed by atoms with Crippen LogP contribution in [-0.4, -0.2) is 6.29 Å². The van der Waals surface area contributed by atoms with Crippen molar-refractivity contribution in [3.8, 4) is 0 Å². The van der Waals surface area contributed by atoms with Gasteiger partial charge >= 0.3 is 0 Å². The summed E-state index contributed by atoms with van der Waals surface area (Å²) >= 11 is 0. The van der Waals surface area contributed by atoms with Crippen LogP contribution in [0.2, 0.25) is 0 Å². The van der Waals surface area contributed by atoms with E-state index in [1.54, 1.807) is 0 Å². The number of aldehydes is 1. The van der Waals surface area contributed by atoms with E-state index in [2.05, 4.69) is 19.9 Å². The molecule has 1 aliphatic rings. The van der Waals surface area contributed by atoms with Gasteiger partial charge in [-0.25, -0.2) is 0 Å². The maximum Gasteiger partial charge on any atom is 0.123 e. The molecule has 0 aromatic rings. The lowest BCUT2D eigenvalue weighted by Gasteiger charge is -2.25. The Morgan fingerprint density at radius 2 is 1.75 bits per heavy atom. The first-order valence-corrected chi connectivity index (χ1v) is 4.84. The van der Waals surface area contributed by atoms with E-state index < -0.39 is 0 Å². The third-order valence-corrected chi connectivity index (χ3v) is 2.60. The summed E-state index contributed by atoms with van der Waals surface area (Å²) in [5, 5.41) is 0. The quantitative estimate of drug-likeness (QED) is 0.455. The lowest BCUT2D eigenvalue weighted by Crippen LogP contribution is -2.18. The van der Waals surface area contributed by atoms with Gasteiger partial charge in [0.25, 0.3) is 0 Å². The topological polar surface area (TPSA) is 17.1 Å². The SMILES string of the molecule is CC(C)=CC1CCCCC1C=O. The highest BCUT2D eigenvalue weighted by molar-refractivity contribution is 5.54. The molecule has 2 atom stereocenters. The molecule has 1 heteroatoms. The second-order valence-electron chi connectivity index (χ2n) is 3.99. The van der Waals surface area contributed by atoms with E-state index in [4.69, 9.17) is 0 Å². The molecule has 1 aliphatic carbocycles. The van der Waals surface area contributed by atoms with E-state index in [0.717, 1.165) is 12.7 Å². The molecule has 1 saturated carbocycles. The Morgan fingerprint density at radius 1 is 1.17 bits per heavy atom. The van der Waals surface area contributed by atoms with E-state index in [-0.39, 0.29) is 0 Å². The number of hydrogen-bond donors (Lipinski definition) is 0. The second-order valence-corrected chi connectivity index (χ2v) is 3.99. The van der Waals surface area contributed by atoms with Gasteiger partial charge in [-0.3, -0.25) is 0 Å². The van der Waals surface area contributed by atoms with Crippen molar-refractivity contribution in [1.29, 1.82) is 0 Å². The fraction of sp³-hybridized carbons (Fsp3) is 0.727. The van der Waals surface area contributed by atoms with Gasteiger partial charge < -0.3 is 4.79 Å². The van der Waals surface area contributed by atoms with Crippen LogP contribution in [0.5, 0.6) is 0 Å². The van der Waals surface area contributed by atoms with Gasteiger partial charge in [0.2, 0.25) is 0 Å². The molecule has 0 amide bonds. The maximum absolute atomic E-state index is 10.7. The number of carbonyl (C=O) groups is 1. The predicted molar refractivity (Wildman–Crippen MR) is 50.9 cm³/mol. The van der Waals surface area contributed by atoms with Crippen molar-refractivity contribution in [3.05, 3.63) is 11.6 Å². The summed E-state index contributed by atoms with van der Waals surface area (Å²) in [6.45, 7) is 4.22. The lowest BCUT2D eigenvalue weighted by atomic mass is 9.79. The predicted octanol–water partition coefficient (Wildman–Crippen LogP) is 2.96. The van der Waals surface area contributed by atoms with Gasteiger partial charge in [0.1, 0.15) is 6.29 Å². The molecular formula is C11H18O. The van der Waals surface area contributed by atoms with E-state index >= 15 is 0 Å². The molecule has 1 fully saturated rings. The van der Waals surface area contributed by atoms with Crippen LogP contribution in [0.15, 0.2) is 11.6 Å². The van der Waals surface area contributed by atoms with Crippen molar-refractivity contribution in [2.24, 2.45) is 11.8 Å².